The normalized spacial score (nSPS) is 21.9. The third kappa shape index (κ3) is 2.53. The summed E-state index contributed by atoms with van der Waals surface area (Å²) in [6.45, 7) is 3.29. The van der Waals surface area contributed by atoms with Crippen molar-refractivity contribution in [2.45, 2.75) is 45.1 Å². The Balaban J connectivity index is 1.94. The molecule has 0 radical (unpaired) electrons. The van der Waals surface area contributed by atoms with Crippen LogP contribution in [0.2, 0.25) is 0 Å². The SMILES string of the molecule is CCC1(C(N)c2ccc3c(c2)C(=O)NCCO3)CCCC1. The maximum Gasteiger partial charge on any atom is 0.255 e. The van der Waals surface area contributed by atoms with E-state index in [1.807, 2.05) is 18.2 Å². The van der Waals surface area contributed by atoms with Gasteiger partial charge >= 0.3 is 0 Å². The molecule has 1 fully saturated rings. The van der Waals surface area contributed by atoms with Gasteiger partial charge in [-0.15, -0.1) is 0 Å². The molecule has 0 spiro atoms. The fourth-order valence-electron chi connectivity index (χ4n) is 3.78. The predicted molar refractivity (Wildman–Crippen MR) is 82.4 cm³/mol. The summed E-state index contributed by atoms with van der Waals surface area (Å²) in [5.41, 5.74) is 8.45. The van der Waals surface area contributed by atoms with Crippen LogP contribution in [0.4, 0.5) is 0 Å². The Morgan fingerprint density at radius 2 is 2.14 bits per heavy atom. The highest BCUT2D eigenvalue weighted by atomic mass is 16.5. The Labute approximate surface area is 126 Å². The monoisotopic (exact) mass is 288 g/mol. The summed E-state index contributed by atoms with van der Waals surface area (Å²) in [5.74, 6) is 0.603. The molecule has 1 heterocycles. The molecule has 1 unspecified atom stereocenters. The van der Waals surface area contributed by atoms with Gasteiger partial charge in [-0.2, -0.15) is 0 Å². The zero-order valence-electron chi connectivity index (χ0n) is 12.7. The molecule has 1 atom stereocenters. The second kappa shape index (κ2) is 5.68. The second-order valence-electron chi connectivity index (χ2n) is 6.26. The van der Waals surface area contributed by atoms with Crippen molar-refractivity contribution in [3.05, 3.63) is 29.3 Å². The van der Waals surface area contributed by atoms with Crippen molar-refractivity contribution in [2.24, 2.45) is 11.1 Å². The number of benzene rings is 1. The lowest BCUT2D eigenvalue weighted by Gasteiger charge is -2.35. The third-order valence-corrected chi connectivity index (χ3v) is 5.22. The highest BCUT2D eigenvalue weighted by Crippen LogP contribution is 2.49. The lowest BCUT2D eigenvalue weighted by atomic mass is 9.73. The molecular formula is C17H24N2O2. The first-order chi connectivity index (χ1) is 10.2. The summed E-state index contributed by atoms with van der Waals surface area (Å²) in [6.07, 6.45) is 5.98. The molecule has 21 heavy (non-hydrogen) atoms. The first-order valence-electron chi connectivity index (χ1n) is 7.97. The standard InChI is InChI=1S/C17H24N2O2/c1-2-17(7-3-4-8-17)15(18)12-5-6-14-13(11-12)16(20)19-9-10-21-14/h5-6,11,15H,2-4,7-10,18H2,1H3,(H,19,20). The minimum Gasteiger partial charge on any atom is -0.491 e. The lowest BCUT2D eigenvalue weighted by Crippen LogP contribution is -2.32. The summed E-state index contributed by atoms with van der Waals surface area (Å²) in [4.78, 5) is 12.1. The molecule has 3 N–H and O–H groups in total. The number of hydrogen-bond acceptors (Lipinski definition) is 3. The van der Waals surface area contributed by atoms with Crippen LogP contribution in [-0.2, 0) is 0 Å². The number of ether oxygens (including phenoxy) is 1. The van der Waals surface area contributed by atoms with E-state index in [1.165, 1.54) is 25.7 Å². The molecule has 1 aromatic rings. The van der Waals surface area contributed by atoms with E-state index < -0.39 is 0 Å². The van der Waals surface area contributed by atoms with E-state index in [0.29, 0.717) is 24.5 Å². The number of nitrogens with two attached hydrogens (primary N) is 1. The van der Waals surface area contributed by atoms with Crippen LogP contribution in [0.15, 0.2) is 18.2 Å². The fourth-order valence-corrected chi connectivity index (χ4v) is 3.78. The highest BCUT2D eigenvalue weighted by molar-refractivity contribution is 5.97. The molecule has 114 valence electrons. The molecule has 2 aliphatic rings. The summed E-state index contributed by atoms with van der Waals surface area (Å²) >= 11 is 0. The van der Waals surface area contributed by atoms with Gasteiger partial charge < -0.3 is 15.8 Å². The Morgan fingerprint density at radius 3 is 2.86 bits per heavy atom. The number of carbonyl (C=O) groups excluding carboxylic acids is 1. The highest BCUT2D eigenvalue weighted by Gasteiger charge is 2.38. The molecule has 1 amide bonds. The molecular weight excluding hydrogens is 264 g/mol. The van der Waals surface area contributed by atoms with Crippen LogP contribution in [0.3, 0.4) is 0 Å². The number of nitrogens with one attached hydrogen (secondary N) is 1. The third-order valence-electron chi connectivity index (χ3n) is 5.22. The Hall–Kier alpha value is -1.55. The van der Waals surface area contributed by atoms with Crippen molar-refractivity contribution in [3.8, 4) is 5.75 Å². The zero-order valence-corrected chi connectivity index (χ0v) is 12.7. The number of hydrogen-bond donors (Lipinski definition) is 2. The molecule has 3 rings (SSSR count). The summed E-state index contributed by atoms with van der Waals surface area (Å²) in [6, 6.07) is 5.84. The van der Waals surface area contributed by atoms with Gasteiger partial charge in [0.05, 0.1) is 12.1 Å². The Bertz CT molecular complexity index is 536. The Morgan fingerprint density at radius 1 is 1.38 bits per heavy atom. The van der Waals surface area contributed by atoms with Gasteiger partial charge in [0.15, 0.2) is 0 Å². The maximum atomic E-state index is 12.1. The molecule has 4 heteroatoms. The van der Waals surface area contributed by atoms with Crippen LogP contribution in [-0.4, -0.2) is 19.1 Å². The van der Waals surface area contributed by atoms with Crippen LogP contribution >= 0.6 is 0 Å². The summed E-state index contributed by atoms with van der Waals surface area (Å²) < 4.78 is 5.61. The number of carbonyl (C=O) groups is 1. The van der Waals surface area contributed by atoms with Gasteiger partial charge in [0.1, 0.15) is 12.4 Å². The molecule has 1 aliphatic carbocycles. The smallest absolute Gasteiger partial charge is 0.255 e. The van der Waals surface area contributed by atoms with Crippen molar-refractivity contribution < 1.29 is 9.53 Å². The fraction of sp³-hybridized carbons (Fsp3) is 0.588. The zero-order chi connectivity index (χ0) is 14.9. The molecule has 0 aromatic heterocycles. The molecule has 4 nitrogen and oxygen atoms in total. The Kier molecular flexibility index (Phi) is 3.89. The molecule has 1 aromatic carbocycles. The van der Waals surface area contributed by atoms with Crippen LogP contribution < -0.4 is 15.8 Å². The summed E-state index contributed by atoms with van der Waals surface area (Å²) in [5, 5.41) is 2.86. The van der Waals surface area contributed by atoms with E-state index in [9.17, 15) is 4.79 Å². The van der Waals surface area contributed by atoms with E-state index in [0.717, 1.165) is 12.0 Å². The van der Waals surface area contributed by atoms with Gasteiger partial charge in [-0.05, 0) is 42.4 Å². The largest absolute Gasteiger partial charge is 0.491 e. The van der Waals surface area contributed by atoms with E-state index in [4.69, 9.17) is 10.5 Å². The average molecular weight is 288 g/mol. The van der Waals surface area contributed by atoms with Crippen molar-refractivity contribution in [3.63, 3.8) is 0 Å². The summed E-state index contributed by atoms with van der Waals surface area (Å²) in [7, 11) is 0. The van der Waals surface area contributed by atoms with Gasteiger partial charge in [-0.25, -0.2) is 0 Å². The second-order valence-corrected chi connectivity index (χ2v) is 6.26. The molecule has 0 bridgehead atoms. The minimum absolute atomic E-state index is 0.00801. The van der Waals surface area contributed by atoms with E-state index in [-0.39, 0.29) is 17.4 Å². The van der Waals surface area contributed by atoms with Crippen molar-refractivity contribution >= 4 is 5.91 Å². The van der Waals surface area contributed by atoms with Crippen molar-refractivity contribution in [2.75, 3.05) is 13.2 Å². The number of rotatable bonds is 3. The van der Waals surface area contributed by atoms with Gasteiger partial charge in [0, 0.05) is 6.04 Å². The first kappa shape index (κ1) is 14.4. The van der Waals surface area contributed by atoms with Gasteiger partial charge in [0.2, 0.25) is 0 Å². The first-order valence-corrected chi connectivity index (χ1v) is 7.97. The molecule has 0 saturated heterocycles. The van der Waals surface area contributed by atoms with Crippen molar-refractivity contribution in [1.29, 1.82) is 0 Å². The van der Waals surface area contributed by atoms with Gasteiger partial charge in [0.25, 0.3) is 5.91 Å². The van der Waals surface area contributed by atoms with Crippen molar-refractivity contribution in [1.82, 2.24) is 5.32 Å². The topological polar surface area (TPSA) is 64.4 Å². The van der Waals surface area contributed by atoms with E-state index >= 15 is 0 Å². The number of fused-ring (bicyclic) bond motifs is 1. The van der Waals surface area contributed by atoms with Crippen LogP contribution in [0.5, 0.6) is 5.75 Å². The predicted octanol–water partition coefficient (Wildman–Crippen LogP) is 2.78. The quantitative estimate of drug-likeness (QED) is 0.899. The van der Waals surface area contributed by atoms with E-state index in [1.54, 1.807) is 0 Å². The van der Waals surface area contributed by atoms with Crippen LogP contribution in [0.1, 0.15) is 61.0 Å². The average Bonchev–Trinajstić information content (AvgIpc) is 2.93. The van der Waals surface area contributed by atoms with Crippen LogP contribution in [0, 0.1) is 5.41 Å². The number of amides is 1. The van der Waals surface area contributed by atoms with E-state index in [2.05, 4.69) is 12.2 Å². The van der Waals surface area contributed by atoms with Gasteiger partial charge in [-0.1, -0.05) is 25.8 Å². The lowest BCUT2D eigenvalue weighted by molar-refractivity contribution is 0.0957. The maximum absolute atomic E-state index is 12.1. The van der Waals surface area contributed by atoms with Gasteiger partial charge in [-0.3, -0.25) is 4.79 Å². The molecule has 1 aliphatic heterocycles. The molecule has 1 saturated carbocycles. The minimum atomic E-state index is -0.0616. The van der Waals surface area contributed by atoms with Crippen LogP contribution in [0.25, 0.3) is 0 Å².